The highest BCUT2D eigenvalue weighted by molar-refractivity contribution is 9.10. The minimum atomic E-state index is -0.858. The van der Waals surface area contributed by atoms with Crippen LogP contribution in [0.3, 0.4) is 0 Å². The lowest BCUT2D eigenvalue weighted by atomic mass is 10.2. The molecule has 0 unspecified atom stereocenters. The predicted molar refractivity (Wildman–Crippen MR) is 123 cm³/mol. The SMILES string of the molecule is COC(=O)[C@H](C)Oc1c(Br)cc(Cl)cc1C=Nn1c(C)nc2ccc(Br)cc2c1=O. The standard InChI is InChI=1S/C20H16Br2ClN3O4/c1-10(20(28)29-3)30-18-12(6-14(23)8-16(18)22)9-24-26-11(2)25-17-5-4-13(21)7-15(17)19(26)27/h4-10H,1-3H3/t10-/m0/s1. The van der Waals surface area contributed by atoms with E-state index in [-0.39, 0.29) is 5.56 Å². The summed E-state index contributed by atoms with van der Waals surface area (Å²) < 4.78 is 12.9. The number of benzene rings is 2. The summed E-state index contributed by atoms with van der Waals surface area (Å²) in [6, 6.07) is 8.51. The molecule has 0 spiro atoms. The van der Waals surface area contributed by atoms with E-state index < -0.39 is 12.1 Å². The molecule has 0 radical (unpaired) electrons. The van der Waals surface area contributed by atoms with E-state index in [4.69, 9.17) is 21.1 Å². The van der Waals surface area contributed by atoms with Crippen LogP contribution >= 0.6 is 43.5 Å². The topological polar surface area (TPSA) is 82.8 Å². The van der Waals surface area contributed by atoms with Crippen LogP contribution in [-0.4, -0.2) is 35.1 Å². The molecule has 156 valence electrons. The molecule has 0 saturated carbocycles. The molecule has 2 aromatic carbocycles. The Morgan fingerprint density at radius 2 is 2.03 bits per heavy atom. The number of halogens is 3. The molecule has 0 N–H and O–H groups in total. The molecule has 0 aliphatic carbocycles. The molecule has 1 atom stereocenters. The van der Waals surface area contributed by atoms with Gasteiger partial charge < -0.3 is 9.47 Å². The van der Waals surface area contributed by atoms with E-state index in [0.29, 0.717) is 37.5 Å². The van der Waals surface area contributed by atoms with Crippen LogP contribution in [0.4, 0.5) is 0 Å². The van der Waals surface area contributed by atoms with Crippen molar-refractivity contribution < 1.29 is 14.3 Å². The molecule has 0 fully saturated rings. The largest absolute Gasteiger partial charge is 0.477 e. The van der Waals surface area contributed by atoms with Gasteiger partial charge in [0.05, 0.1) is 28.7 Å². The maximum Gasteiger partial charge on any atom is 0.346 e. The second kappa shape index (κ2) is 9.28. The molecule has 0 aliphatic rings. The second-order valence-electron chi connectivity index (χ2n) is 6.27. The number of carbonyl (C=O) groups is 1. The zero-order valence-electron chi connectivity index (χ0n) is 16.1. The Balaban J connectivity index is 2.08. The van der Waals surface area contributed by atoms with Crippen LogP contribution in [0.2, 0.25) is 5.02 Å². The van der Waals surface area contributed by atoms with Gasteiger partial charge in [-0.1, -0.05) is 27.5 Å². The molecule has 0 amide bonds. The number of aryl methyl sites for hydroxylation is 1. The van der Waals surface area contributed by atoms with Gasteiger partial charge in [0.2, 0.25) is 0 Å². The molecule has 1 heterocycles. The summed E-state index contributed by atoms with van der Waals surface area (Å²) >= 11 is 12.9. The van der Waals surface area contributed by atoms with Gasteiger partial charge in [0.1, 0.15) is 11.6 Å². The Morgan fingerprint density at radius 3 is 2.73 bits per heavy atom. The first kappa shape index (κ1) is 22.5. The van der Waals surface area contributed by atoms with Gasteiger partial charge in [-0.3, -0.25) is 4.79 Å². The Hall–Kier alpha value is -2.23. The van der Waals surface area contributed by atoms with Gasteiger partial charge >= 0.3 is 5.97 Å². The van der Waals surface area contributed by atoms with E-state index in [2.05, 4.69) is 41.9 Å². The Morgan fingerprint density at radius 1 is 1.30 bits per heavy atom. The normalized spacial score (nSPS) is 12.3. The third kappa shape index (κ3) is 4.74. The first-order valence-electron chi connectivity index (χ1n) is 8.68. The first-order valence-corrected chi connectivity index (χ1v) is 10.6. The maximum atomic E-state index is 12.9. The third-order valence-corrected chi connectivity index (χ3v) is 5.45. The average Bonchev–Trinajstić information content (AvgIpc) is 2.70. The number of rotatable bonds is 5. The van der Waals surface area contributed by atoms with Crippen LogP contribution in [0.15, 0.2) is 49.2 Å². The molecule has 0 aliphatic heterocycles. The van der Waals surface area contributed by atoms with E-state index in [1.54, 1.807) is 38.1 Å². The lowest BCUT2D eigenvalue weighted by Gasteiger charge is -2.16. The number of aromatic nitrogens is 2. The quantitative estimate of drug-likeness (QED) is 0.335. The first-order chi connectivity index (χ1) is 14.2. The number of nitrogens with zero attached hydrogens (tertiary/aromatic N) is 3. The number of hydrogen-bond acceptors (Lipinski definition) is 6. The van der Waals surface area contributed by atoms with Crippen molar-refractivity contribution in [1.82, 2.24) is 9.66 Å². The van der Waals surface area contributed by atoms with Gasteiger partial charge in [0, 0.05) is 15.1 Å². The minimum Gasteiger partial charge on any atom is -0.477 e. The molecular formula is C20H16Br2ClN3O4. The maximum absolute atomic E-state index is 12.9. The smallest absolute Gasteiger partial charge is 0.346 e. The lowest BCUT2D eigenvalue weighted by molar-refractivity contribution is -0.147. The molecule has 0 bridgehead atoms. The fraction of sp³-hybridized carbons (Fsp3) is 0.200. The van der Waals surface area contributed by atoms with Crippen LogP contribution in [0.25, 0.3) is 10.9 Å². The zero-order valence-corrected chi connectivity index (χ0v) is 20.1. The van der Waals surface area contributed by atoms with Crippen LogP contribution < -0.4 is 10.3 Å². The van der Waals surface area contributed by atoms with E-state index >= 15 is 0 Å². The highest BCUT2D eigenvalue weighted by atomic mass is 79.9. The number of hydrogen-bond donors (Lipinski definition) is 0. The molecule has 3 rings (SSSR count). The minimum absolute atomic E-state index is 0.318. The summed E-state index contributed by atoms with van der Waals surface area (Å²) in [5, 5.41) is 5.14. The molecular weight excluding hydrogens is 541 g/mol. The van der Waals surface area contributed by atoms with Crippen molar-refractivity contribution >= 4 is 66.5 Å². The van der Waals surface area contributed by atoms with Crippen molar-refractivity contribution in [2.24, 2.45) is 5.10 Å². The zero-order chi connectivity index (χ0) is 22.0. The van der Waals surface area contributed by atoms with Crippen LogP contribution in [0, 0.1) is 6.92 Å². The Kier molecular flexibility index (Phi) is 6.95. The highest BCUT2D eigenvalue weighted by Crippen LogP contribution is 2.33. The molecule has 7 nitrogen and oxygen atoms in total. The highest BCUT2D eigenvalue weighted by Gasteiger charge is 2.19. The summed E-state index contributed by atoms with van der Waals surface area (Å²) in [5.74, 6) is 0.219. The van der Waals surface area contributed by atoms with E-state index in [0.717, 1.165) is 4.47 Å². The van der Waals surface area contributed by atoms with Crippen LogP contribution in [-0.2, 0) is 9.53 Å². The van der Waals surface area contributed by atoms with Crippen molar-refractivity contribution in [3.8, 4) is 5.75 Å². The van der Waals surface area contributed by atoms with Crippen molar-refractivity contribution in [3.05, 3.63) is 66.0 Å². The Bertz CT molecular complexity index is 1230. The van der Waals surface area contributed by atoms with Gasteiger partial charge in [0.15, 0.2) is 6.10 Å². The van der Waals surface area contributed by atoms with E-state index in [1.165, 1.54) is 18.0 Å². The van der Waals surface area contributed by atoms with E-state index in [9.17, 15) is 9.59 Å². The van der Waals surface area contributed by atoms with Gasteiger partial charge in [-0.15, -0.1) is 0 Å². The molecule has 3 aromatic rings. The van der Waals surface area contributed by atoms with Gasteiger partial charge in [-0.25, -0.2) is 9.78 Å². The molecule has 1 aromatic heterocycles. The second-order valence-corrected chi connectivity index (χ2v) is 8.48. The van der Waals surface area contributed by atoms with Crippen LogP contribution in [0.1, 0.15) is 18.3 Å². The summed E-state index contributed by atoms with van der Waals surface area (Å²) in [6.45, 7) is 3.25. The van der Waals surface area contributed by atoms with Crippen LogP contribution in [0.5, 0.6) is 5.75 Å². The van der Waals surface area contributed by atoms with Gasteiger partial charge in [-0.2, -0.15) is 9.78 Å². The average molecular weight is 558 g/mol. The van der Waals surface area contributed by atoms with Crippen molar-refractivity contribution in [2.45, 2.75) is 20.0 Å². The van der Waals surface area contributed by atoms with E-state index in [1.807, 2.05) is 6.07 Å². The predicted octanol–water partition coefficient (Wildman–Crippen LogP) is 4.71. The van der Waals surface area contributed by atoms with Crippen molar-refractivity contribution in [2.75, 3.05) is 7.11 Å². The number of methoxy groups -OCH3 is 1. The number of ether oxygens (including phenoxy) is 2. The molecule has 10 heteroatoms. The molecule has 0 saturated heterocycles. The summed E-state index contributed by atoms with van der Waals surface area (Å²) in [7, 11) is 1.28. The lowest BCUT2D eigenvalue weighted by Crippen LogP contribution is -2.25. The number of esters is 1. The van der Waals surface area contributed by atoms with Gasteiger partial charge in [-0.05, 0) is 60.1 Å². The van der Waals surface area contributed by atoms with Crippen molar-refractivity contribution in [3.63, 3.8) is 0 Å². The fourth-order valence-electron chi connectivity index (χ4n) is 2.71. The summed E-state index contributed by atoms with van der Waals surface area (Å²) in [5.41, 5.74) is 0.723. The summed E-state index contributed by atoms with van der Waals surface area (Å²) in [4.78, 5) is 29.1. The van der Waals surface area contributed by atoms with Crippen molar-refractivity contribution in [1.29, 1.82) is 0 Å². The third-order valence-electron chi connectivity index (χ3n) is 4.15. The Labute approximate surface area is 193 Å². The van der Waals surface area contributed by atoms with Gasteiger partial charge in [0.25, 0.3) is 5.56 Å². The number of fused-ring (bicyclic) bond motifs is 1. The molecule has 30 heavy (non-hydrogen) atoms. The summed E-state index contributed by atoms with van der Waals surface area (Å²) in [6.07, 6.45) is 0.569. The number of carbonyl (C=O) groups excluding carboxylic acids is 1. The monoisotopic (exact) mass is 555 g/mol. The fourth-order valence-corrected chi connectivity index (χ4v) is 4.00.